The van der Waals surface area contributed by atoms with E-state index >= 15 is 0 Å². The summed E-state index contributed by atoms with van der Waals surface area (Å²) in [6, 6.07) is 5.29. The van der Waals surface area contributed by atoms with Crippen LogP contribution in [-0.4, -0.2) is 33.8 Å². The van der Waals surface area contributed by atoms with E-state index in [0.29, 0.717) is 0 Å². The minimum Gasteiger partial charge on any atom is -0.486 e. The van der Waals surface area contributed by atoms with Crippen molar-refractivity contribution < 1.29 is 23.0 Å². The van der Waals surface area contributed by atoms with Crippen molar-refractivity contribution in [3.05, 3.63) is 46.7 Å². The van der Waals surface area contributed by atoms with Gasteiger partial charge in [0, 0.05) is 10.6 Å². The Balaban J connectivity index is 1.68. The number of nitrogens with zero attached hydrogens (tertiary/aromatic N) is 4. The number of aromatic nitrogens is 2. The quantitative estimate of drug-likeness (QED) is 0.816. The first kappa shape index (κ1) is 18.2. The molecule has 1 aromatic carbocycles. The molecule has 1 saturated heterocycles. The van der Waals surface area contributed by atoms with E-state index < -0.39 is 23.9 Å². The van der Waals surface area contributed by atoms with Crippen LogP contribution in [-0.2, 0) is 12.8 Å². The molecule has 1 aliphatic rings. The molecule has 1 aliphatic heterocycles. The van der Waals surface area contributed by atoms with Crippen molar-refractivity contribution >= 4 is 17.5 Å². The number of hydrogen-bond acceptors (Lipinski definition) is 6. The first-order valence-electron chi connectivity index (χ1n) is 7.40. The lowest BCUT2D eigenvalue weighted by Crippen LogP contribution is -2.61. The molecule has 1 N–H and O–H groups in total. The second kappa shape index (κ2) is 6.63. The Hall–Kier alpha value is -2.57. The summed E-state index contributed by atoms with van der Waals surface area (Å²) in [7, 11) is 0. The van der Waals surface area contributed by atoms with Gasteiger partial charge in [0.25, 0.3) is 0 Å². The van der Waals surface area contributed by atoms with Crippen LogP contribution in [0.2, 0.25) is 5.02 Å². The van der Waals surface area contributed by atoms with Crippen LogP contribution >= 0.6 is 11.6 Å². The van der Waals surface area contributed by atoms with Crippen LogP contribution in [0.5, 0.6) is 5.75 Å². The lowest BCUT2D eigenvalue weighted by molar-refractivity contribution is -0.138. The van der Waals surface area contributed by atoms with E-state index in [4.69, 9.17) is 21.6 Å². The van der Waals surface area contributed by atoms with Gasteiger partial charge in [0.15, 0.2) is 11.4 Å². The molecule has 136 valence electrons. The minimum absolute atomic E-state index is 0.0475. The molecule has 6 nitrogen and oxygen atoms in total. The summed E-state index contributed by atoms with van der Waals surface area (Å²) in [5.74, 6) is 0.448. The zero-order valence-electron chi connectivity index (χ0n) is 13.2. The summed E-state index contributed by atoms with van der Waals surface area (Å²) in [6.45, 7) is -0.230. The highest BCUT2D eigenvalue weighted by atomic mass is 35.5. The van der Waals surface area contributed by atoms with E-state index in [1.807, 2.05) is 0 Å². The highest BCUT2D eigenvalue weighted by molar-refractivity contribution is 6.31. The fraction of sp³-hybridized carbons (Fsp3) is 0.312. The molecule has 0 radical (unpaired) electrons. The molecular weight excluding hydrogens is 373 g/mol. The van der Waals surface area contributed by atoms with Gasteiger partial charge in [-0.1, -0.05) is 17.7 Å². The maximum Gasteiger partial charge on any atom is 0.416 e. The van der Waals surface area contributed by atoms with Gasteiger partial charge in [0.1, 0.15) is 12.7 Å². The monoisotopic (exact) mass is 384 g/mol. The van der Waals surface area contributed by atoms with Crippen molar-refractivity contribution in [3.63, 3.8) is 0 Å². The molecule has 0 amide bonds. The average molecular weight is 385 g/mol. The number of ether oxygens (including phenoxy) is 1. The summed E-state index contributed by atoms with van der Waals surface area (Å²) in [5, 5.41) is 18.4. The maximum atomic E-state index is 13.0. The molecule has 0 atom stereocenters. The van der Waals surface area contributed by atoms with Crippen LogP contribution in [0.4, 0.5) is 19.1 Å². The van der Waals surface area contributed by atoms with Gasteiger partial charge < -0.3 is 14.7 Å². The predicted molar refractivity (Wildman–Crippen MR) is 85.6 cm³/mol. The molecule has 2 heterocycles. The van der Waals surface area contributed by atoms with Crippen LogP contribution in [0.3, 0.4) is 0 Å². The zero-order chi connectivity index (χ0) is 18.9. The number of halogens is 4. The molecule has 10 heteroatoms. The first-order valence-corrected chi connectivity index (χ1v) is 7.78. The smallest absolute Gasteiger partial charge is 0.416 e. The molecule has 0 unspecified atom stereocenters. The van der Waals surface area contributed by atoms with Crippen LogP contribution in [0.15, 0.2) is 30.6 Å². The Morgan fingerprint density at radius 3 is 2.54 bits per heavy atom. The van der Waals surface area contributed by atoms with E-state index in [1.165, 1.54) is 24.5 Å². The molecule has 1 aromatic heterocycles. The Labute approximate surface area is 151 Å². The topological polar surface area (TPSA) is 82.3 Å². The van der Waals surface area contributed by atoms with Gasteiger partial charge in [0.05, 0.1) is 31.0 Å². The van der Waals surface area contributed by atoms with Crippen molar-refractivity contribution in [2.24, 2.45) is 0 Å². The number of alkyl halides is 3. The second-order valence-corrected chi connectivity index (χ2v) is 6.18. The average Bonchev–Trinajstić information content (AvgIpc) is 2.57. The van der Waals surface area contributed by atoms with Gasteiger partial charge in [-0.05, 0) is 12.1 Å². The third-order valence-electron chi connectivity index (χ3n) is 3.82. The number of hydrogen-bond donors (Lipinski definition) is 1. The Kier molecular flexibility index (Phi) is 4.64. The molecule has 26 heavy (non-hydrogen) atoms. The van der Waals surface area contributed by atoms with Gasteiger partial charge >= 0.3 is 6.18 Å². The molecule has 0 saturated carbocycles. The van der Waals surface area contributed by atoms with Crippen molar-refractivity contribution in [2.75, 3.05) is 18.0 Å². The van der Waals surface area contributed by atoms with Crippen LogP contribution in [0.1, 0.15) is 11.1 Å². The fourth-order valence-corrected chi connectivity index (χ4v) is 2.70. The van der Waals surface area contributed by atoms with E-state index in [9.17, 15) is 18.3 Å². The number of rotatable bonds is 4. The summed E-state index contributed by atoms with van der Waals surface area (Å²) < 4.78 is 44.5. The number of aliphatic hydroxyl groups is 1. The molecule has 0 bridgehead atoms. The van der Waals surface area contributed by atoms with Crippen LogP contribution in [0, 0.1) is 11.3 Å². The second-order valence-electron chi connectivity index (χ2n) is 5.77. The van der Waals surface area contributed by atoms with Gasteiger partial charge in [0.2, 0.25) is 5.95 Å². The summed E-state index contributed by atoms with van der Waals surface area (Å²) in [6.07, 6.45) is -1.94. The summed E-state index contributed by atoms with van der Waals surface area (Å²) in [4.78, 5) is 9.63. The van der Waals surface area contributed by atoms with E-state index in [-0.39, 0.29) is 35.4 Å². The summed E-state index contributed by atoms with van der Waals surface area (Å²) >= 11 is 5.87. The van der Waals surface area contributed by atoms with Gasteiger partial charge in [-0.2, -0.15) is 18.4 Å². The Bertz CT molecular complexity index is 846. The standard InChI is InChI=1S/C16H12ClF3N4O2/c17-13-3-1-2-12(16(18,19)20)11(13)6-26-10-4-22-14(23-5-10)24-8-15(25,7-21)9-24/h1-5,25H,6,8-9H2. The van der Waals surface area contributed by atoms with E-state index in [0.717, 1.165) is 6.07 Å². The van der Waals surface area contributed by atoms with Crippen LogP contribution < -0.4 is 9.64 Å². The highest BCUT2D eigenvalue weighted by Crippen LogP contribution is 2.35. The Morgan fingerprint density at radius 2 is 1.96 bits per heavy atom. The zero-order valence-corrected chi connectivity index (χ0v) is 13.9. The molecule has 3 rings (SSSR count). The lowest BCUT2D eigenvalue weighted by Gasteiger charge is -2.41. The van der Waals surface area contributed by atoms with Crippen molar-refractivity contribution in [1.29, 1.82) is 5.26 Å². The first-order chi connectivity index (χ1) is 12.2. The van der Waals surface area contributed by atoms with E-state index in [1.54, 1.807) is 11.0 Å². The van der Waals surface area contributed by atoms with Gasteiger partial charge in [-0.15, -0.1) is 0 Å². The number of nitriles is 1. The Morgan fingerprint density at radius 1 is 1.31 bits per heavy atom. The number of β-amino-alcohol motifs (C(OH)–C–C–N with tert-alkyl or cyclic N) is 1. The van der Waals surface area contributed by atoms with Crippen molar-refractivity contribution in [1.82, 2.24) is 9.97 Å². The molecule has 1 fully saturated rings. The fourth-order valence-electron chi connectivity index (χ4n) is 2.47. The highest BCUT2D eigenvalue weighted by Gasteiger charge is 2.42. The normalized spacial score (nSPS) is 15.9. The SMILES string of the molecule is N#CC1(O)CN(c2ncc(OCc3c(Cl)cccc3C(F)(F)F)cn2)C1. The predicted octanol–water partition coefficient (Wildman–Crippen LogP) is 2.80. The largest absolute Gasteiger partial charge is 0.486 e. The van der Waals surface area contributed by atoms with Gasteiger partial charge in [-0.25, -0.2) is 9.97 Å². The summed E-state index contributed by atoms with van der Waals surface area (Å²) in [5.41, 5.74) is -2.44. The molecule has 0 spiro atoms. The minimum atomic E-state index is -4.54. The number of benzene rings is 1. The molecule has 2 aromatic rings. The van der Waals surface area contributed by atoms with Gasteiger partial charge in [-0.3, -0.25) is 0 Å². The number of anilines is 1. The third-order valence-corrected chi connectivity index (χ3v) is 4.17. The molecular formula is C16H12ClF3N4O2. The van der Waals surface area contributed by atoms with Crippen molar-refractivity contribution in [3.8, 4) is 11.8 Å². The van der Waals surface area contributed by atoms with Crippen LogP contribution in [0.25, 0.3) is 0 Å². The van der Waals surface area contributed by atoms with E-state index in [2.05, 4.69) is 9.97 Å². The molecule has 0 aliphatic carbocycles. The third kappa shape index (κ3) is 3.66. The maximum absolute atomic E-state index is 13.0. The lowest BCUT2D eigenvalue weighted by atomic mass is 9.97. The van der Waals surface area contributed by atoms with Crippen molar-refractivity contribution in [2.45, 2.75) is 18.4 Å².